The quantitative estimate of drug-likeness (QED) is 0.723. The van der Waals surface area contributed by atoms with E-state index in [0.717, 1.165) is 16.1 Å². The first-order valence-corrected chi connectivity index (χ1v) is 4.05. The summed E-state index contributed by atoms with van der Waals surface area (Å²) < 4.78 is 0. The van der Waals surface area contributed by atoms with Crippen LogP contribution in [0.5, 0.6) is 0 Å². The van der Waals surface area contributed by atoms with Crippen molar-refractivity contribution in [1.82, 2.24) is 0 Å². The predicted molar refractivity (Wildman–Crippen MR) is 49.1 cm³/mol. The van der Waals surface area contributed by atoms with Crippen LogP contribution in [0.25, 0.3) is 0 Å². The molecule has 0 spiro atoms. The van der Waals surface area contributed by atoms with E-state index in [1.54, 1.807) is 6.07 Å². The van der Waals surface area contributed by atoms with Gasteiger partial charge in [0.1, 0.15) is 0 Å². The van der Waals surface area contributed by atoms with Gasteiger partial charge in [0.05, 0.1) is 0 Å². The van der Waals surface area contributed by atoms with Gasteiger partial charge in [-0.3, -0.25) is 0 Å². The zero-order chi connectivity index (χ0) is 8.43. The number of benzene rings is 1. The van der Waals surface area contributed by atoms with Gasteiger partial charge in [-0.25, -0.2) is 0 Å². The van der Waals surface area contributed by atoms with Crippen LogP contribution in [0.2, 0.25) is 10.0 Å². The second kappa shape index (κ2) is 3.44. The fourth-order valence-corrected chi connectivity index (χ4v) is 1.33. The molecular formula is C8H9Cl2N. The van der Waals surface area contributed by atoms with E-state index in [9.17, 15) is 0 Å². The van der Waals surface area contributed by atoms with Crippen molar-refractivity contribution in [1.29, 1.82) is 0 Å². The van der Waals surface area contributed by atoms with Gasteiger partial charge in [0, 0.05) is 16.6 Å². The highest BCUT2D eigenvalue weighted by Crippen LogP contribution is 2.23. The van der Waals surface area contributed by atoms with Crippen molar-refractivity contribution < 1.29 is 0 Å². The highest BCUT2D eigenvalue weighted by atomic mass is 35.5. The maximum atomic E-state index is 5.86. The largest absolute Gasteiger partial charge is 0.326 e. The molecule has 0 heterocycles. The third kappa shape index (κ3) is 1.86. The standard InChI is InChI=1S/C8H9Cl2N/c1-5-2-8(10)6(4-11)3-7(5)9/h2-3H,4,11H2,1H3. The van der Waals surface area contributed by atoms with Crippen molar-refractivity contribution in [2.75, 3.05) is 0 Å². The molecule has 0 unspecified atom stereocenters. The minimum Gasteiger partial charge on any atom is -0.326 e. The number of aryl methyl sites for hydroxylation is 1. The molecule has 0 saturated heterocycles. The first-order chi connectivity index (χ1) is 5.15. The molecule has 0 aliphatic carbocycles. The summed E-state index contributed by atoms with van der Waals surface area (Å²) in [6.07, 6.45) is 0. The van der Waals surface area contributed by atoms with Crippen molar-refractivity contribution in [2.24, 2.45) is 5.73 Å². The molecule has 0 fully saturated rings. The first kappa shape index (κ1) is 8.85. The maximum Gasteiger partial charge on any atom is 0.0454 e. The smallest absolute Gasteiger partial charge is 0.0454 e. The molecule has 1 rings (SSSR count). The van der Waals surface area contributed by atoms with Crippen molar-refractivity contribution in [2.45, 2.75) is 13.5 Å². The van der Waals surface area contributed by atoms with Gasteiger partial charge in [0.25, 0.3) is 0 Å². The van der Waals surface area contributed by atoms with Gasteiger partial charge in [0.2, 0.25) is 0 Å². The fourth-order valence-electron chi connectivity index (χ4n) is 0.844. The molecule has 11 heavy (non-hydrogen) atoms. The Morgan fingerprint density at radius 3 is 2.45 bits per heavy atom. The van der Waals surface area contributed by atoms with E-state index in [0.29, 0.717) is 11.6 Å². The minimum absolute atomic E-state index is 0.429. The van der Waals surface area contributed by atoms with Crippen molar-refractivity contribution in [3.05, 3.63) is 33.3 Å². The average Bonchev–Trinajstić information content (AvgIpc) is 1.97. The molecule has 1 aromatic rings. The van der Waals surface area contributed by atoms with E-state index in [1.165, 1.54) is 0 Å². The van der Waals surface area contributed by atoms with Crippen molar-refractivity contribution in [3.63, 3.8) is 0 Å². The normalized spacial score (nSPS) is 10.2. The number of hydrogen-bond donors (Lipinski definition) is 1. The van der Waals surface area contributed by atoms with Crippen LogP contribution in [-0.4, -0.2) is 0 Å². The molecular weight excluding hydrogens is 181 g/mol. The highest BCUT2D eigenvalue weighted by Gasteiger charge is 2.01. The number of hydrogen-bond acceptors (Lipinski definition) is 1. The molecule has 3 heteroatoms. The summed E-state index contributed by atoms with van der Waals surface area (Å²) in [5, 5.41) is 1.41. The van der Waals surface area contributed by atoms with Crippen molar-refractivity contribution in [3.8, 4) is 0 Å². The highest BCUT2D eigenvalue weighted by molar-refractivity contribution is 6.34. The van der Waals surface area contributed by atoms with Gasteiger partial charge < -0.3 is 5.73 Å². The first-order valence-electron chi connectivity index (χ1n) is 3.29. The lowest BCUT2D eigenvalue weighted by molar-refractivity contribution is 1.07. The average molecular weight is 190 g/mol. The van der Waals surface area contributed by atoms with Crippen LogP contribution >= 0.6 is 23.2 Å². The van der Waals surface area contributed by atoms with Gasteiger partial charge in [0.15, 0.2) is 0 Å². The topological polar surface area (TPSA) is 26.0 Å². The van der Waals surface area contributed by atoms with E-state index in [-0.39, 0.29) is 0 Å². The third-order valence-electron chi connectivity index (χ3n) is 1.55. The number of halogens is 2. The predicted octanol–water partition coefficient (Wildman–Crippen LogP) is 2.76. The van der Waals surface area contributed by atoms with E-state index in [4.69, 9.17) is 28.9 Å². The monoisotopic (exact) mass is 189 g/mol. The Labute approximate surface area is 76.1 Å². The summed E-state index contributed by atoms with van der Waals surface area (Å²) in [6.45, 7) is 2.34. The lowest BCUT2D eigenvalue weighted by atomic mass is 10.1. The minimum atomic E-state index is 0.429. The SMILES string of the molecule is Cc1cc(Cl)c(CN)cc1Cl. The second-order valence-corrected chi connectivity index (χ2v) is 3.21. The van der Waals surface area contributed by atoms with E-state index in [1.807, 2.05) is 13.0 Å². The Morgan fingerprint density at radius 1 is 1.27 bits per heavy atom. The maximum absolute atomic E-state index is 5.86. The van der Waals surface area contributed by atoms with Gasteiger partial charge in [-0.2, -0.15) is 0 Å². The summed E-state index contributed by atoms with van der Waals surface area (Å²) in [7, 11) is 0. The van der Waals surface area contributed by atoms with E-state index in [2.05, 4.69) is 0 Å². The fraction of sp³-hybridized carbons (Fsp3) is 0.250. The van der Waals surface area contributed by atoms with E-state index < -0.39 is 0 Å². The molecule has 0 aliphatic rings. The number of rotatable bonds is 1. The Kier molecular flexibility index (Phi) is 2.77. The molecule has 0 saturated carbocycles. The van der Waals surface area contributed by atoms with Gasteiger partial charge >= 0.3 is 0 Å². The lowest BCUT2D eigenvalue weighted by Gasteiger charge is -2.03. The molecule has 0 aromatic heterocycles. The van der Waals surface area contributed by atoms with Crippen LogP contribution in [0.4, 0.5) is 0 Å². The molecule has 0 aliphatic heterocycles. The Bertz CT molecular complexity index is 271. The van der Waals surface area contributed by atoms with E-state index >= 15 is 0 Å². The summed E-state index contributed by atoms with van der Waals surface area (Å²) >= 11 is 11.7. The Hall–Kier alpha value is -0.240. The summed E-state index contributed by atoms with van der Waals surface area (Å²) in [5.74, 6) is 0. The molecule has 60 valence electrons. The molecule has 2 N–H and O–H groups in total. The Morgan fingerprint density at radius 2 is 1.91 bits per heavy atom. The molecule has 1 nitrogen and oxygen atoms in total. The summed E-state index contributed by atoms with van der Waals surface area (Å²) in [5.41, 5.74) is 7.30. The van der Waals surface area contributed by atoms with Crippen LogP contribution < -0.4 is 5.73 Å². The van der Waals surface area contributed by atoms with Crippen LogP contribution in [-0.2, 0) is 6.54 Å². The molecule has 0 amide bonds. The zero-order valence-corrected chi connectivity index (χ0v) is 7.71. The van der Waals surface area contributed by atoms with Crippen LogP contribution in [0, 0.1) is 6.92 Å². The third-order valence-corrected chi connectivity index (χ3v) is 2.31. The van der Waals surface area contributed by atoms with Crippen LogP contribution in [0.1, 0.15) is 11.1 Å². The van der Waals surface area contributed by atoms with Crippen LogP contribution in [0.15, 0.2) is 12.1 Å². The second-order valence-electron chi connectivity index (χ2n) is 2.40. The van der Waals surface area contributed by atoms with Gasteiger partial charge in [-0.15, -0.1) is 0 Å². The Balaban J connectivity index is 3.21. The molecule has 0 bridgehead atoms. The number of nitrogens with two attached hydrogens (primary N) is 1. The summed E-state index contributed by atoms with van der Waals surface area (Å²) in [6, 6.07) is 3.63. The van der Waals surface area contributed by atoms with Crippen LogP contribution in [0.3, 0.4) is 0 Å². The molecule has 1 aromatic carbocycles. The van der Waals surface area contributed by atoms with Gasteiger partial charge in [-0.1, -0.05) is 23.2 Å². The molecule has 0 atom stereocenters. The molecule has 0 radical (unpaired) electrons. The van der Waals surface area contributed by atoms with Gasteiger partial charge in [-0.05, 0) is 30.2 Å². The lowest BCUT2D eigenvalue weighted by Crippen LogP contribution is -1.97. The zero-order valence-electron chi connectivity index (χ0n) is 6.20. The van der Waals surface area contributed by atoms with Crippen molar-refractivity contribution >= 4 is 23.2 Å². The summed E-state index contributed by atoms with van der Waals surface area (Å²) in [4.78, 5) is 0.